The van der Waals surface area contributed by atoms with Crippen molar-refractivity contribution in [2.45, 2.75) is 11.8 Å². The van der Waals surface area contributed by atoms with Gasteiger partial charge >= 0.3 is 5.97 Å². The molecule has 0 aliphatic heterocycles. The number of hydrogen-bond acceptors (Lipinski definition) is 5. The number of carboxylic acid groups (broad SMARTS) is 1. The van der Waals surface area contributed by atoms with Crippen molar-refractivity contribution in [2.75, 3.05) is 10.1 Å². The largest absolute Gasteiger partial charge is 0.476 e. The summed E-state index contributed by atoms with van der Waals surface area (Å²) in [5.74, 6) is -1.30. The Labute approximate surface area is 168 Å². The minimum atomic E-state index is -3.90. The highest BCUT2D eigenvalue weighted by atomic mass is 32.2. The van der Waals surface area contributed by atoms with Crippen LogP contribution in [0.15, 0.2) is 88.9 Å². The van der Waals surface area contributed by atoms with Gasteiger partial charge in [-0.3, -0.25) is 10.1 Å². The first kappa shape index (κ1) is 20.1. The maximum absolute atomic E-state index is 12.7. The fraction of sp³-hybridized carbons (Fsp3) is 0.0476. The van der Waals surface area contributed by atoms with Crippen LogP contribution in [0.5, 0.6) is 0 Å². The first-order valence-corrected chi connectivity index (χ1v) is 10.2. The third kappa shape index (κ3) is 4.99. The molecule has 3 N–H and O–H groups in total. The van der Waals surface area contributed by atoms with Gasteiger partial charge in [-0.25, -0.2) is 13.2 Å². The van der Waals surface area contributed by atoms with Crippen LogP contribution >= 0.6 is 0 Å². The third-order valence-corrected chi connectivity index (χ3v) is 5.41. The minimum Gasteiger partial charge on any atom is -0.476 e. The molecule has 0 radical (unpaired) electrons. The average molecular weight is 409 g/mol. The van der Waals surface area contributed by atoms with Crippen molar-refractivity contribution in [3.8, 4) is 0 Å². The van der Waals surface area contributed by atoms with Crippen LogP contribution in [0.3, 0.4) is 0 Å². The molecule has 3 rings (SSSR count). The lowest BCUT2D eigenvalue weighted by atomic mass is 10.1. The molecule has 0 aliphatic rings. The van der Waals surface area contributed by atoms with Crippen LogP contribution in [0.25, 0.3) is 0 Å². The molecule has 3 aromatic carbocycles. The van der Waals surface area contributed by atoms with Crippen LogP contribution in [0.1, 0.15) is 11.1 Å². The number of hydrogen-bond donors (Lipinski definition) is 3. The summed E-state index contributed by atoms with van der Waals surface area (Å²) < 4.78 is 27.9. The van der Waals surface area contributed by atoms with Crippen molar-refractivity contribution < 1.29 is 18.3 Å². The standard InChI is InChI=1S/C21H19N3O4S/c1-15-11-13-17(14-12-15)29(27,28)24-19-10-6-5-9-18(19)20(21(25)26)23-22-16-7-3-2-4-8-16/h2-14,22,24H,1H3,(H,25,26)/b23-20+. The van der Waals surface area contributed by atoms with Crippen molar-refractivity contribution in [3.05, 3.63) is 90.0 Å². The molecule has 7 nitrogen and oxygen atoms in total. The summed E-state index contributed by atoms with van der Waals surface area (Å²) in [6.45, 7) is 1.86. The van der Waals surface area contributed by atoms with E-state index in [1.165, 1.54) is 24.3 Å². The Morgan fingerprint density at radius 2 is 1.52 bits per heavy atom. The summed E-state index contributed by atoms with van der Waals surface area (Å²) in [7, 11) is -3.90. The fourth-order valence-electron chi connectivity index (χ4n) is 2.56. The molecular formula is C21H19N3O4S. The minimum absolute atomic E-state index is 0.0779. The Hall–Kier alpha value is -3.65. The van der Waals surface area contributed by atoms with E-state index in [0.717, 1.165) is 5.56 Å². The van der Waals surface area contributed by atoms with Crippen LogP contribution in [-0.4, -0.2) is 25.2 Å². The normalized spacial score (nSPS) is 11.7. The average Bonchev–Trinajstić information content (AvgIpc) is 2.70. The molecule has 0 amide bonds. The molecule has 8 heteroatoms. The van der Waals surface area contributed by atoms with Crippen LogP contribution in [0, 0.1) is 6.92 Å². The lowest BCUT2D eigenvalue weighted by Gasteiger charge is -2.13. The second kappa shape index (κ2) is 8.57. The van der Waals surface area contributed by atoms with Crippen molar-refractivity contribution >= 4 is 33.1 Å². The number of sulfonamides is 1. The molecule has 0 aromatic heterocycles. The van der Waals surface area contributed by atoms with Crippen molar-refractivity contribution in [3.63, 3.8) is 0 Å². The van der Waals surface area contributed by atoms with Crippen LogP contribution in [-0.2, 0) is 14.8 Å². The van der Waals surface area contributed by atoms with Crippen molar-refractivity contribution in [1.82, 2.24) is 0 Å². The number of aryl methyl sites for hydroxylation is 1. The van der Waals surface area contributed by atoms with E-state index in [2.05, 4.69) is 15.2 Å². The van der Waals surface area contributed by atoms with E-state index in [9.17, 15) is 18.3 Å². The van der Waals surface area contributed by atoms with Crippen LogP contribution < -0.4 is 10.1 Å². The molecule has 0 saturated carbocycles. The second-order valence-corrected chi connectivity index (χ2v) is 7.89. The lowest BCUT2D eigenvalue weighted by molar-refractivity contribution is -0.129. The summed E-state index contributed by atoms with van der Waals surface area (Å²) in [6.07, 6.45) is 0. The number of carboxylic acids is 1. The van der Waals surface area contributed by atoms with E-state index < -0.39 is 16.0 Å². The smallest absolute Gasteiger partial charge is 0.357 e. The monoisotopic (exact) mass is 409 g/mol. The second-order valence-electron chi connectivity index (χ2n) is 6.21. The fourth-order valence-corrected chi connectivity index (χ4v) is 3.64. The van der Waals surface area contributed by atoms with Gasteiger partial charge in [-0.1, -0.05) is 54.1 Å². The molecule has 0 heterocycles. The summed E-state index contributed by atoms with van der Waals surface area (Å²) in [5, 5.41) is 13.6. The van der Waals surface area contributed by atoms with Gasteiger partial charge in [0.25, 0.3) is 10.0 Å². The van der Waals surface area contributed by atoms with E-state index in [-0.39, 0.29) is 21.9 Å². The molecule has 0 saturated heterocycles. The number of aliphatic carboxylic acids is 1. The first-order valence-electron chi connectivity index (χ1n) is 8.68. The number of nitrogens with one attached hydrogen (secondary N) is 2. The number of hydrazone groups is 1. The van der Waals surface area contributed by atoms with E-state index >= 15 is 0 Å². The number of carbonyl (C=O) groups is 1. The van der Waals surface area contributed by atoms with Gasteiger partial charge in [-0.05, 0) is 37.3 Å². The third-order valence-electron chi connectivity index (χ3n) is 4.03. The Morgan fingerprint density at radius 3 is 2.17 bits per heavy atom. The molecule has 0 fully saturated rings. The number of benzene rings is 3. The van der Waals surface area contributed by atoms with Gasteiger partial charge < -0.3 is 5.11 Å². The molecule has 0 bridgehead atoms. The Bertz CT molecular complexity index is 1140. The lowest BCUT2D eigenvalue weighted by Crippen LogP contribution is -2.20. The first-order chi connectivity index (χ1) is 13.9. The highest BCUT2D eigenvalue weighted by molar-refractivity contribution is 7.92. The highest BCUT2D eigenvalue weighted by Gasteiger charge is 2.21. The molecule has 0 spiro atoms. The number of rotatable bonds is 7. The Kier molecular flexibility index (Phi) is 5.94. The molecule has 29 heavy (non-hydrogen) atoms. The summed E-state index contributed by atoms with van der Waals surface area (Å²) in [6, 6.07) is 21.4. The van der Waals surface area contributed by atoms with E-state index in [4.69, 9.17) is 0 Å². The zero-order chi connectivity index (χ0) is 20.9. The number of anilines is 2. The van der Waals surface area contributed by atoms with Crippen molar-refractivity contribution in [1.29, 1.82) is 0 Å². The summed E-state index contributed by atoms with van der Waals surface area (Å²) in [5.41, 5.74) is 4.14. The molecular weight excluding hydrogens is 390 g/mol. The molecule has 0 aliphatic carbocycles. The zero-order valence-corrected chi connectivity index (χ0v) is 16.3. The molecule has 0 unspecified atom stereocenters. The zero-order valence-electron chi connectivity index (χ0n) is 15.5. The van der Waals surface area contributed by atoms with Crippen molar-refractivity contribution in [2.24, 2.45) is 5.10 Å². The predicted octanol–water partition coefficient (Wildman–Crippen LogP) is 3.70. The van der Waals surface area contributed by atoms with Gasteiger partial charge in [0.05, 0.1) is 16.3 Å². The van der Waals surface area contributed by atoms with Gasteiger partial charge in [0.15, 0.2) is 5.71 Å². The quantitative estimate of drug-likeness (QED) is 0.407. The molecule has 3 aromatic rings. The predicted molar refractivity (Wildman–Crippen MR) is 113 cm³/mol. The Morgan fingerprint density at radius 1 is 0.897 bits per heavy atom. The molecule has 148 valence electrons. The van der Waals surface area contributed by atoms with E-state index in [1.807, 2.05) is 13.0 Å². The summed E-state index contributed by atoms with van der Waals surface area (Å²) >= 11 is 0. The highest BCUT2D eigenvalue weighted by Crippen LogP contribution is 2.22. The van der Waals surface area contributed by atoms with Gasteiger partial charge in [0.2, 0.25) is 0 Å². The number of para-hydroxylation sites is 2. The number of nitrogens with zero attached hydrogens (tertiary/aromatic N) is 1. The molecule has 0 atom stereocenters. The van der Waals surface area contributed by atoms with Gasteiger partial charge in [-0.15, -0.1) is 0 Å². The SMILES string of the molecule is Cc1ccc(S(=O)(=O)Nc2ccccc2/C(=N\Nc2ccccc2)C(=O)O)cc1. The van der Waals surface area contributed by atoms with Gasteiger partial charge in [0, 0.05) is 5.56 Å². The topological polar surface area (TPSA) is 108 Å². The maximum atomic E-state index is 12.7. The Balaban J connectivity index is 1.96. The maximum Gasteiger partial charge on any atom is 0.357 e. The van der Waals surface area contributed by atoms with Crippen LogP contribution in [0.4, 0.5) is 11.4 Å². The van der Waals surface area contributed by atoms with Crippen LogP contribution in [0.2, 0.25) is 0 Å². The van der Waals surface area contributed by atoms with Gasteiger partial charge in [-0.2, -0.15) is 5.10 Å². The summed E-state index contributed by atoms with van der Waals surface area (Å²) in [4.78, 5) is 11.9. The van der Waals surface area contributed by atoms with Gasteiger partial charge in [0.1, 0.15) is 0 Å². The van der Waals surface area contributed by atoms with E-state index in [0.29, 0.717) is 5.69 Å². The van der Waals surface area contributed by atoms with E-state index in [1.54, 1.807) is 48.5 Å².